The van der Waals surface area contributed by atoms with Crippen molar-refractivity contribution in [1.29, 1.82) is 0 Å². The molecule has 26 heavy (non-hydrogen) atoms. The van der Waals surface area contributed by atoms with Crippen molar-refractivity contribution in [1.82, 2.24) is 19.7 Å². The third kappa shape index (κ3) is 3.59. The monoisotopic (exact) mass is 354 g/mol. The Kier molecular flexibility index (Phi) is 5.18. The van der Waals surface area contributed by atoms with E-state index in [1.165, 1.54) is 19.3 Å². The number of carbonyl (C=O) groups is 1. The zero-order chi connectivity index (χ0) is 17.8. The molecule has 0 aliphatic carbocycles. The van der Waals surface area contributed by atoms with Gasteiger partial charge in [0.15, 0.2) is 5.82 Å². The Morgan fingerprint density at radius 2 is 1.96 bits per heavy atom. The minimum atomic E-state index is 0.0681. The average molecular weight is 354 g/mol. The first-order valence-corrected chi connectivity index (χ1v) is 9.72. The van der Waals surface area contributed by atoms with Gasteiger partial charge in [-0.05, 0) is 37.8 Å². The van der Waals surface area contributed by atoms with Crippen LogP contribution in [-0.2, 0) is 17.8 Å². The van der Waals surface area contributed by atoms with Crippen LogP contribution in [0.1, 0.15) is 56.2 Å². The van der Waals surface area contributed by atoms with Crippen LogP contribution in [0.4, 0.5) is 0 Å². The minimum Gasteiger partial charge on any atom is -0.493 e. The first kappa shape index (κ1) is 17.1. The second-order valence-electron chi connectivity index (χ2n) is 7.09. The summed E-state index contributed by atoms with van der Waals surface area (Å²) in [7, 11) is 0. The third-order valence-corrected chi connectivity index (χ3v) is 5.34. The van der Waals surface area contributed by atoms with Crippen molar-refractivity contribution in [3.8, 4) is 5.75 Å². The summed E-state index contributed by atoms with van der Waals surface area (Å²) in [5, 5.41) is 8.88. The molecule has 138 valence electrons. The standard InChI is InChI=1S/C20H26N4O2/c25-19(12-15-26-16-8-3-1-4-9-16)23-14-7-10-17(23)20-22-21-18-11-5-2-6-13-24(18)20/h1,3-4,8-9,17H,2,5-7,10-15H2. The summed E-state index contributed by atoms with van der Waals surface area (Å²) in [6.07, 6.45) is 6.99. The number of benzene rings is 1. The van der Waals surface area contributed by atoms with Crippen LogP contribution < -0.4 is 4.74 Å². The Morgan fingerprint density at radius 1 is 1.08 bits per heavy atom. The van der Waals surface area contributed by atoms with Crippen molar-refractivity contribution >= 4 is 5.91 Å². The molecule has 1 amide bonds. The van der Waals surface area contributed by atoms with Crippen molar-refractivity contribution in [3.63, 3.8) is 0 Å². The molecular formula is C20H26N4O2. The second-order valence-corrected chi connectivity index (χ2v) is 7.09. The molecule has 6 heteroatoms. The van der Waals surface area contributed by atoms with E-state index in [1.54, 1.807) is 0 Å². The summed E-state index contributed by atoms with van der Waals surface area (Å²) in [5.74, 6) is 3.02. The maximum Gasteiger partial charge on any atom is 0.226 e. The summed E-state index contributed by atoms with van der Waals surface area (Å²) in [6, 6.07) is 9.71. The summed E-state index contributed by atoms with van der Waals surface area (Å²) in [5.41, 5.74) is 0. The number of fused-ring (bicyclic) bond motifs is 1. The first-order valence-electron chi connectivity index (χ1n) is 9.72. The van der Waals surface area contributed by atoms with E-state index in [4.69, 9.17) is 4.74 Å². The lowest BCUT2D eigenvalue weighted by atomic mass is 10.2. The molecule has 0 bridgehead atoms. The molecule has 2 aliphatic heterocycles. The number of hydrogen-bond acceptors (Lipinski definition) is 4. The molecular weight excluding hydrogens is 328 g/mol. The van der Waals surface area contributed by atoms with Gasteiger partial charge in [0.1, 0.15) is 11.6 Å². The fourth-order valence-electron chi connectivity index (χ4n) is 4.00. The number of rotatable bonds is 5. The largest absolute Gasteiger partial charge is 0.493 e. The van der Waals surface area contributed by atoms with Gasteiger partial charge in [0, 0.05) is 19.5 Å². The van der Waals surface area contributed by atoms with E-state index in [-0.39, 0.29) is 11.9 Å². The number of aryl methyl sites for hydroxylation is 1. The molecule has 2 aliphatic rings. The van der Waals surface area contributed by atoms with Crippen LogP contribution in [0.3, 0.4) is 0 Å². The van der Waals surface area contributed by atoms with E-state index in [0.29, 0.717) is 13.0 Å². The van der Waals surface area contributed by atoms with Crippen molar-refractivity contribution in [2.45, 2.75) is 57.5 Å². The molecule has 1 aromatic heterocycles. The Morgan fingerprint density at radius 3 is 2.85 bits per heavy atom. The van der Waals surface area contributed by atoms with Crippen LogP contribution in [0.25, 0.3) is 0 Å². The Bertz CT molecular complexity index is 744. The highest BCUT2D eigenvalue weighted by molar-refractivity contribution is 5.77. The molecule has 1 saturated heterocycles. The molecule has 6 nitrogen and oxygen atoms in total. The molecule has 2 aromatic rings. The summed E-state index contributed by atoms with van der Waals surface area (Å²) < 4.78 is 7.96. The number of para-hydroxylation sites is 1. The van der Waals surface area contributed by atoms with Crippen LogP contribution in [-0.4, -0.2) is 38.7 Å². The lowest BCUT2D eigenvalue weighted by Gasteiger charge is -2.24. The molecule has 1 atom stereocenters. The van der Waals surface area contributed by atoms with Gasteiger partial charge in [0.05, 0.1) is 19.1 Å². The van der Waals surface area contributed by atoms with Crippen LogP contribution in [0.15, 0.2) is 30.3 Å². The molecule has 0 spiro atoms. The van der Waals surface area contributed by atoms with Crippen LogP contribution in [0.5, 0.6) is 5.75 Å². The fraction of sp³-hybridized carbons (Fsp3) is 0.550. The summed E-state index contributed by atoms with van der Waals surface area (Å²) in [6.45, 7) is 2.19. The van der Waals surface area contributed by atoms with E-state index in [0.717, 1.165) is 49.8 Å². The topological polar surface area (TPSA) is 60.2 Å². The maximum atomic E-state index is 12.8. The molecule has 1 unspecified atom stereocenters. The molecule has 1 aromatic carbocycles. The number of hydrogen-bond donors (Lipinski definition) is 0. The second kappa shape index (κ2) is 7.89. The number of carbonyl (C=O) groups excluding carboxylic acids is 1. The van der Waals surface area contributed by atoms with Gasteiger partial charge in [-0.15, -0.1) is 10.2 Å². The number of nitrogens with zero attached hydrogens (tertiary/aromatic N) is 4. The molecule has 0 N–H and O–H groups in total. The van der Waals surface area contributed by atoms with Crippen LogP contribution >= 0.6 is 0 Å². The SMILES string of the molecule is O=C(CCOc1ccccc1)N1CCCC1c1nnc2n1CCCCC2. The van der Waals surface area contributed by atoms with Gasteiger partial charge >= 0.3 is 0 Å². The Labute approximate surface area is 154 Å². The average Bonchev–Trinajstić information content (AvgIpc) is 3.23. The van der Waals surface area contributed by atoms with Crippen molar-refractivity contribution < 1.29 is 9.53 Å². The highest BCUT2D eigenvalue weighted by atomic mass is 16.5. The molecule has 4 rings (SSSR count). The van der Waals surface area contributed by atoms with Crippen LogP contribution in [0.2, 0.25) is 0 Å². The fourth-order valence-corrected chi connectivity index (χ4v) is 4.00. The van der Waals surface area contributed by atoms with Gasteiger partial charge < -0.3 is 14.2 Å². The minimum absolute atomic E-state index is 0.0681. The van der Waals surface area contributed by atoms with E-state index >= 15 is 0 Å². The zero-order valence-corrected chi connectivity index (χ0v) is 15.1. The van der Waals surface area contributed by atoms with Crippen molar-refractivity contribution in [2.24, 2.45) is 0 Å². The number of amides is 1. The molecule has 0 saturated carbocycles. The predicted molar refractivity (Wildman–Crippen MR) is 97.8 cm³/mol. The number of ether oxygens (including phenoxy) is 1. The van der Waals surface area contributed by atoms with Gasteiger partial charge in [0.2, 0.25) is 5.91 Å². The van der Waals surface area contributed by atoms with E-state index in [9.17, 15) is 4.79 Å². The quantitative estimate of drug-likeness (QED) is 0.828. The summed E-state index contributed by atoms with van der Waals surface area (Å²) >= 11 is 0. The smallest absolute Gasteiger partial charge is 0.226 e. The maximum absolute atomic E-state index is 12.8. The van der Waals surface area contributed by atoms with E-state index in [1.807, 2.05) is 35.2 Å². The van der Waals surface area contributed by atoms with Crippen LogP contribution in [0, 0.1) is 0 Å². The predicted octanol–water partition coefficient (Wildman–Crippen LogP) is 3.14. The van der Waals surface area contributed by atoms with Crippen molar-refractivity contribution in [3.05, 3.63) is 42.0 Å². The van der Waals surface area contributed by atoms with Crippen molar-refractivity contribution in [2.75, 3.05) is 13.2 Å². The van der Waals surface area contributed by atoms with Gasteiger partial charge in [-0.1, -0.05) is 24.6 Å². The lowest BCUT2D eigenvalue weighted by Crippen LogP contribution is -2.33. The zero-order valence-electron chi connectivity index (χ0n) is 15.1. The molecule has 0 radical (unpaired) electrons. The Balaban J connectivity index is 1.40. The van der Waals surface area contributed by atoms with Gasteiger partial charge in [-0.25, -0.2) is 0 Å². The first-order chi connectivity index (χ1) is 12.8. The van der Waals surface area contributed by atoms with Gasteiger partial charge in [0.25, 0.3) is 0 Å². The summed E-state index contributed by atoms with van der Waals surface area (Å²) in [4.78, 5) is 14.7. The van der Waals surface area contributed by atoms with Gasteiger partial charge in [-0.3, -0.25) is 4.79 Å². The normalized spacial score (nSPS) is 19.8. The van der Waals surface area contributed by atoms with Gasteiger partial charge in [-0.2, -0.15) is 0 Å². The molecule has 1 fully saturated rings. The molecule has 3 heterocycles. The number of likely N-dealkylation sites (tertiary alicyclic amines) is 1. The lowest BCUT2D eigenvalue weighted by molar-refractivity contribution is -0.132. The van der Waals surface area contributed by atoms with E-state index < -0.39 is 0 Å². The van der Waals surface area contributed by atoms with E-state index in [2.05, 4.69) is 14.8 Å². The highest BCUT2D eigenvalue weighted by Gasteiger charge is 2.34. The number of aromatic nitrogens is 3. The highest BCUT2D eigenvalue weighted by Crippen LogP contribution is 2.32. The Hall–Kier alpha value is -2.37. The third-order valence-electron chi connectivity index (χ3n) is 5.34.